The molecule has 0 unspecified atom stereocenters. The Bertz CT molecular complexity index is 216. The average molecular weight is 193 g/mol. The summed E-state index contributed by atoms with van der Waals surface area (Å²) in [4.78, 5) is 0. The first-order valence-electron chi connectivity index (χ1n) is 5.17. The van der Waals surface area contributed by atoms with E-state index in [2.05, 4.69) is 29.6 Å². The zero-order valence-electron chi connectivity index (χ0n) is 9.05. The molecule has 0 aliphatic carbocycles. The molecule has 0 spiro atoms. The predicted octanol–water partition coefficient (Wildman–Crippen LogP) is 1.98. The molecule has 0 bridgehead atoms. The first-order chi connectivity index (χ1) is 6.86. The lowest BCUT2D eigenvalue weighted by Crippen LogP contribution is -2.10. The third kappa shape index (κ3) is 3.90. The first kappa shape index (κ1) is 11.2. The van der Waals surface area contributed by atoms with Crippen molar-refractivity contribution in [3.8, 4) is 0 Å². The van der Waals surface area contributed by atoms with E-state index in [1.807, 2.05) is 14.0 Å². The van der Waals surface area contributed by atoms with Crippen LogP contribution in [-0.4, -0.2) is 20.2 Å². The highest BCUT2D eigenvalue weighted by Gasteiger charge is 1.94. The average Bonchev–Trinajstić information content (AvgIpc) is 2.25. The lowest BCUT2D eigenvalue weighted by molar-refractivity contribution is 0.134. The van der Waals surface area contributed by atoms with Crippen molar-refractivity contribution in [2.24, 2.45) is 0 Å². The quantitative estimate of drug-likeness (QED) is 0.746. The van der Waals surface area contributed by atoms with Crippen LogP contribution in [0.3, 0.4) is 0 Å². The Morgan fingerprint density at radius 3 is 2.36 bits per heavy atom. The second-order valence-corrected chi connectivity index (χ2v) is 3.31. The Hall–Kier alpha value is -0.860. The summed E-state index contributed by atoms with van der Waals surface area (Å²) in [7, 11) is 1.98. The number of ether oxygens (including phenoxy) is 1. The second kappa shape index (κ2) is 6.57. The molecule has 0 aliphatic heterocycles. The maximum Gasteiger partial charge on any atom is 0.0716 e. The smallest absolute Gasteiger partial charge is 0.0716 e. The summed E-state index contributed by atoms with van der Waals surface area (Å²) in [5, 5.41) is 3.14. The van der Waals surface area contributed by atoms with Gasteiger partial charge in [0.2, 0.25) is 0 Å². The maximum absolute atomic E-state index is 5.33. The van der Waals surface area contributed by atoms with Crippen molar-refractivity contribution in [1.29, 1.82) is 0 Å². The number of nitrogens with one attached hydrogen (secondary N) is 1. The molecule has 14 heavy (non-hydrogen) atoms. The molecule has 0 atom stereocenters. The number of hydrogen-bond donors (Lipinski definition) is 1. The molecule has 1 N–H and O–H groups in total. The van der Waals surface area contributed by atoms with Gasteiger partial charge in [0.1, 0.15) is 0 Å². The number of hydrogen-bond acceptors (Lipinski definition) is 2. The zero-order valence-corrected chi connectivity index (χ0v) is 9.05. The first-order valence-corrected chi connectivity index (χ1v) is 5.17. The third-order valence-electron chi connectivity index (χ3n) is 2.16. The summed E-state index contributed by atoms with van der Waals surface area (Å²) in [6, 6.07) is 8.62. The molecule has 0 amide bonds. The van der Waals surface area contributed by atoms with Gasteiger partial charge in [-0.05, 0) is 38.1 Å². The molecular formula is C12H19NO. The highest BCUT2D eigenvalue weighted by atomic mass is 16.5. The molecule has 2 heteroatoms. The van der Waals surface area contributed by atoms with Crippen LogP contribution in [0.2, 0.25) is 0 Å². The molecule has 1 aromatic carbocycles. The number of likely N-dealkylation sites (N-methyl/N-ethyl adjacent to an activating group) is 1. The summed E-state index contributed by atoms with van der Waals surface area (Å²) in [5.41, 5.74) is 2.62. The van der Waals surface area contributed by atoms with E-state index in [-0.39, 0.29) is 0 Å². The molecule has 0 heterocycles. The van der Waals surface area contributed by atoms with Crippen LogP contribution >= 0.6 is 0 Å². The number of rotatable bonds is 6. The fourth-order valence-corrected chi connectivity index (χ4v) is 1.29. The highest BCUT2D eigenvalue weighted by Crippen LogP contribution is 2.06. The van der Waals surface area contributed by atoms with Gasteiger partial charge in [-0.15, -0.1) is 0 Å². The zero-order chi connectivity index (χ0) is 10.2. The van der Waals surface area contributed by atoms with Gasteiger partial charge in [0.05, 0.1) is 6.61 Å². The molecule has 0 radical (unpaired) electrons. The monoisotopic (exact) mass is 193 g/mol. The summed E-state index contributed by atoms with van der Waals surface area (Å²) < 4.78 is 5.33. The Kier molecular flexibility index (Phi) is 5.27. The van der Waals surface area contributed by atoms with Crippen molar-refractivity contribution in [2.75, 3.05) is 20.2 Å². The van der Waals surface area contributed by atoms with Crippen LogP contribution in [0.15, 0.2) is 24.3 Å². The fourth-order valence-electron chi connectivity index (χ4n) is 1.29. The van der Waals surface area contributed by atoms with E-state index >= 15 is 0 Å². The minimum Gasteiger partial charge on any atom is -0.377 e. The number of benzene rings is 1. The van der Waals surface area contributed by atoms with E-state index in [1.54, 1.807) is 0 Å². The van der Waals surface area contributed by atoms with E-state index in [9.17, 15) is 0 Å². The molecule has 0 aromatic heterocycles. The van der Waals surface area contributed by atoms with Gasteiger partial charge in [0, 0.05) is 6.61 Å². The molecule has 1 rings (SSSR count). The van der Waals surface area contributed by atoms with Crippen LogP contribution < -0.4 is 5.32 Å². The highest BCUT2D eigenvalue weighted by molar-refractivity contribution is 5.22. The third-order valence-corrected chi connectivity index (χ3v) is 2.16. The van der Waals surface area contributed by atoms with Crippen LogP contribution in [0.25, 0.3) is 0 Å². The van der Waals surface area contributed by atoms with E-state index in [0.29, 0.717) is 0 Å². The lowest BCUT2D eigenvalue weighted by atomic mass is 10.1. The van der Waals surface area contributed by atoms with Gasteiger partial charge in [0.25, 0.3) is 0 Å². The molecule has 0 aliphatic rings. The molecule has 0 fully saturated rings. The molecule has 2 nitrogen and oxygen atoms in total. The van der Waals surface area contributed by atoms with Gasteiger partial charge in [0.15, 0.2) is 0 Å². The van der Waals surface area contributed by atoms with Crippen LogP contribution in [0, 0.1) is 0 Å². The van der Waals surface area contributed by atoms with E-state index < -0.39 is 0 Å². The molecule has 78 valence electrons. The largest absolute Gasteiger partial charge is 0.377 e. The predicted molar refractivity (Wildman–Crippen MR) is 59.4 cm³/mol. The molecule has 0 saturated heterocycles. The normalized spacial score (nSPS) is 10.4. The molecular weight excluding hydrogens is 174 g/mol. The van der Waals surface area contributed by atoms with Crippen LogP contribution in [0.4, 0.5) is 0 Å². The summed E-state index contributed by atoms with van der Waals surface area (Å²) in [6.07, 6.45) is 1.09. The van der Waals surface area contributed by atoms with Gasteiger partial charge >= 0.3 is 0 Å². The van der Waals surface area contributed by atoms with Crippen molar-refractivity contribution >= 4 is 0 Å². The van der Waals surface area contributed by atoms with E-state index in [4.69, 9.17) is 4.74 Å². The fraction of sp³-hybridized carbons (Fsp3) is 0.500. The van der Waals surface area contributed by atoms with Crippen molar-refractivity contribution in [2.45, 2.75) is 20.0 Å². The Balaban J connectivity index is 2.42. The van der Waals surface area contributed by atoms with E-state index in [1.165, 1.54) is 11.1 Å². The van der Waals surface area contributed by atoms with Gasteiger partial charge < -0.3 is 10.1 Å². The summed E-state index contributed by atoms with van der Waals surface area (Å²) in [5.74, 6) is 0. The Morgan fingerprint density at radius 1 is 1.14 bits per heavy atom. The van der Waals surface area contributed by atoms with Gasteiger partial charge in [-0.3, -0.25) is 0 Å². The second-order valence-electron chi connectivity index (χ2n) is 3.31. The summed E-state index contributed by atoms with van der Waals surface area (Å²) >= 11 is 0. The van der Waals surface area contributed by atoms with Crippen molar-refractivity contribution in [3.63, 3.8) is 0 Å². The topological polar surface area (TPSA) is 21.3 Å². The van der Waals surface area contributed by atoms with Crippen molar-refractivity contribution in [3.05, 3.63) is 35.4 Å². The Labute approximate surface area is 86.3 Å². The van der Waals surface area contributed by atoms with Crippen LogP contribution in [0.5, 0.6) is 0 Å². The molecule has 0 saturated carbocycles. The lowest BCUT2D eigenvalue weighted by Gasteiger charge is -2.04. The summed E-state index contributed by atoms with van der Waals surface area (Å²) in [6.45, 7) is 4.55. The minimum absolute atomic E-state index is 0.725. The van der Waals surface area contributed by atoms with Gasteiger partial charge in [-0.25, -0.2) is 0 Å². The van der Waals surface area contributed by atoms with Crippen molar-refractivity contribution in [1.82, 2.24) is 5.32 Å². The minimum atomic E-state index is 0.725. The van der Waals surface area contributed by atoms with Crippen LogP contribution in [0.1, 0.15) is 18.1 Å². The SMILES string of the molecule is CCOCc1ccc(CCNC)cc1. The van der Waals surface area contributed by atoms with Gasteiger partial charge in [-0.2, -0.15) is 0 Å². The van der Waals surface area contributed by atoms with E-state index in [0.717, 1.165) is 26.2 Å². The Morgan fingerprint density at radius 2 is 1.79 bits per heavy atom. The van der Waals surface area contributed by atoms with Gasteiger partial charge in [-0.1, -0.05) is 24.3 Å². The van der Waals surface area contributed by atoms with Crippen molar-refractivity contribution < 1.29 is 4.74 Å². The maximum atomic E-state index is 5.33. The molecule has 1 aromatic rings. The standard InChI is InChI=1S/C12H19NO/c1-3-14-10-12-6-4-11(5-7-12)8-9-13-2/h4-7,13H,3,8-10H2,1-2H3. The van der Waals surface area contributed by atoms with Crippen LogP contribution in [-0.2, 0) is 17.8 Å².